The van der Waals surface area contributed by atoms with Crippen molar-refractivity contribution in [3.63, 3.8) is 0 Å². The molecule has 2 aromatic rings. The molecule has 0 fully saturated rings. The van der Waals surface area contributed by atoms with Crippen LogP contribution in [0.4, 0.5) is 0 Å². The molecule has 0 spiro atoms. The van der Waals surface area contributed by atoms with Crippen LogP contribution in [0.1, 0.15) is 48.7 Å². The van der Waals surface area contributed by atoms with Gasteiger partial charge in [0.25, 0.3) is 11.8 Å². The molecule has 41 heavy (non-hydrogen) atoms. The Hall–Kier alpha value is -3.99. The van der Waals surface area contributed by atoms with Crippen molar-refractivity contribution in [1.29, 1.82) is 0 Å². The van der Waals surface area contributed by atoms with E-state index in [9.17, 15) is 19.2 Å². The third kappa shape index (κ3) is 9.86. The van der Waals surface area contributed by atoms with Gasteiger partial charge in [0.15, 0.2) is 6.61 Å². The summed E-state index contributed by atoms with van der Waals surface area (Å²) in [5.74, 6) is -0.650. The van der Waals surface area contributed by atoms with Crippen molar-refractivity contribution in [2.45, 2.75) is 39.0 Å². The van der Waals surface area contributed by atoms with Crippen LogP contribution >= 0.6 is 0 Å². The fourth-order valence-corrected chi connectivity index (χ4v) is 4.61. The van der Waals surface area contributed by atoms with Crippen LogP contribution in [0, 0.1) is 5.41 Å². The molecule has 1 unspecified atom stereocenters. The number of rotatable bonds is 6. The molecule has 4 rings (SSSR count). The first-order valence-electron chi connectivity index (χ1n) is 14.0. The Kier molecular flexibility index (Phi) is 12.6. The lowest BCUT2D eigenvalue weighted by Gasteiger charge is -2.32. The van der Waals surface area contributed by atoms with Gasteiger partial charge < -0.3 is 29.7 Å². The second-order valence-corrected chi connectivity index (χ2v) is 9.94. The van der Waals surface area contributed by atoms with Crippen molar-refractivity contribution in [3.05, 3.63) is 59.9 Å². The number of fused-ring (bicyclic) bond motifs is 17. The van der Waals surface area contributed by atoms with Gasteiger partial charge in [-0.1, -0.05) is 18.2 Å². The van der Waals surface area contributed by atoms with Gasteiger partial charge in [0.2, 0.25) is 5.91 Å². The Bertz CT molecular complexity index is 1140. The minimum Gasteiger partial charge on any atom is -0.484 e. The summed E-state index contributed by atoms with van der Waals surface area (Å²) in [6.07, 6.45) is 3.30. The highest BCUT2D eigenvalue weighted by Gasteiger charge is 2.40. The summed E-state index contributed by atoms with van der Waals surface area (Å²) >= 11 is 0. The molecule has 1 atom stereocenters. The highest BCUT2D eigenvalue weighted by molar-refractivity contribution is 5.92. The predicted octanol–water partition coefficient (Wildman–Crippen LogP) is 2.15. The number of hydrogen-bond acceptors (Lipinski definition) is 8. The maximum absolute atomic E-state index is 13.3. The zero-order valence-electron chi connectivity index (χ0n) is 23.9. The number of ether oxygens (including phenoxy) is 3. The van der Waals surface area contributed by atoms with Crippen LogP contribution in [-0.2, 0) is 30.3 Å². The third-order valence-electron chi connectivity index (χ3n) is 6.88. The Balaban J connectivity index is 1.82. The summed E-state index contributed by atoms with van der Waals surface area (Å²) in [5.41, 5.74) is 0.108. The van der Waals surface area contributed by atoms with Crippen LogP contribution in [0.15, 0.2) is 48.7 Å². The van der Waals surface area contributed by atoms with Crippen molar-refractivity contribution in [1.82, 2.24) is 20.5 Å². The molecule has 0 radical (unpaired) electrons. The highest BCUT2D eigenvalue weighted by Crippen LogP contribution is 2.30. The van der Waals surface area contributed by atoms with Crippen LogP contribution in [-0.4, -0.2) is 86.7 Å². The van der Waals surface area contributed by atoms with Gasteiger partial charge in [0.1, 0.15) is 11.4 Å². The molecule has 1 aromatic heterocycles. The number of hydrogen-bond donors (Lipinski definition) is 2. The summed E-state index contributed by atoms with van der Waals surface area (Å²) < 4.78 is 16.4. The van der Waals surface area contributed by atoms with Crippen molar-refractivity contribution in [2.75, 3.05) is 53.1 Å². The number of nitrogens with zero attached hydrogens (tertiary/aromatic N) is 2. The fourth-order valence-electron chi connectivity index (χ4n) is 4.61. The molecule has 0 saturated carbocycles. The van der Waals surface area contributed by atoms with E-state index in [1.54, 1.807) is 55.5 Å². The van der Waals surface area contributed by atoms with E-state index < -0.39 is 11.4 Å². The number of methoxy groups -OCH3 is 1. The number of esters is 1. The first-order valence-corrected chi connectivity index (χ1v) is 14.0. The number of benzene rings is 1. The largest absolute Gasteiger partial charge is 0.484 e. The first-order chi connectivity index (χ1) is 19.9. The van der Waals surface area contributed by atoms with Gasteiger partial charge in [-0.15, -0.1) is 0 Å². The van der Waals surface area contributed by atoms with Crippen molar-refractivity contribution in [2.24, 2.45) is 5.41 Å². The molecular formula is C30H40N4O7. The van der Waals surface area contributed by atoms with Gasteiger partial charge in [-0.05, 0) is 62.4 Å². The number of carbonyl (C=O) groups is 4. The molecule has 222 valence electrons. The summed E-state index contributed by atoms with van der Waals surface area (Å²) in [5, 5.41) is 5.74. The second-order valence-electron chi connectivity index (χ2n) is 9.94. The number of carbonyl (C=O) groups excluding carboxylic acids is 4. The van der Waals surface area contributed by atoms with E-state index in [0.717, 1.165) is 5.56 Å². The molecule has 0 saturated heterocycles. The van der Waals surface area contributed by atoms with Crippen molar-refractivity contribution >= 4 is 23.7 Å². The van der Waals surface area contributed by atoms with E-state index in [0.29, 0.717) is 63.4 Å². The summed E-state index contributed by atoms with van der Waals surface area (Å²) in [6, 6.07) is 12.3. The van der Waals surface area contributed by atoms with Gasteiger partial charge in [-0.2, -0.15) is 0 Å². The second kappa shape index (κ2) is 16.3. The van der Waals surface area contributed by atoms with E-state index in [-0.39, 0.29) is 43.9 Å². The average molecular weight is 569 g/mol. The Morgan fingerprint density at radius 3 is 2.54 bits per heavy atom. The molecule has 2 aliphatic rings. The van der Waals surface area contributed by atoms with Gasteiger partial charge >= 0.3 is 5.97 Å². The average Bonchev–Trinajstić information content (AvgIpc) is 2.99. The van der Waals surface area contributed by atoms with Gasteiger partial charge in [-0.25, -0.2) is 0 Å². The topological polar surface area (TPSA) is 136 Å². The standard InChI is InChI=1S/C30H40N4O7/c1-3-40-29(38)30(14-19-39-2)20-23-10-12-24(13-11-23)41-21-27(36)32-16-7-18-34(17-6-9-26(35)33-22-30)28(37)25-8-4-5-15-31-25/h4-5,8,10-13,15H,3,6-7,9,14,16-22H2,1-2H3,(H,32,36)(H,33,35). The molecule has 0 aliphatic carbocycles. The Morgan fingerprint density at radius 1 is 1.05 bits per heavy atom. The minimum absolute atomic E-state index is 0.0724. The lowest BCUT2D eigenvalue weighted by atomic mass is 9.78. The normalized spacial score (nSPS) is 19.4. The molecule has 2 aliphatic heterocycles. The molecule has 3 amide bonds. The summed E-state index contributed by atoms with van der Waals surface area (Å²) in [6.45, 7) is 3.25. The van der Waals surface area contributed by atoms with Crippen LogP contribution in [0.5, 0.6) is 5.75 Å². The SMILES string of the molecule is CCOC(=O)C1(CCOC)CNC(=O)CCCN(C(=O)c2ccccn2)CCCNC(=O)COc2ccc(cc2)C1. The smallest absolute Gasteiger partial charge is 0.314 e. The molecule has 2 bridgehead atoms. The van der Waals surface area contributed by atoms with Crippen LogP contribution < -0.4 is 15.4 Å². The predicted molar refractivity (Wildman–Crippen MR) is 151 cm³/mol. The van der Waals surface area contributed by atoms with Gasteiger partial charge in [-0.3, -0.25) is 24.2 Å². The molecule has 2 N–H and O–H groups in total. The molecule has 11 heteroatoms. The molecule has 11 nitrogen and oxygen atoms in total. The van der Waals surface area contributed by atoms with Crippen LogP contribution in [0.25, 0.3) is 0 Å². The Morgan fingerprint density at radius 2 is 1.83 bits per heavy atom. The monoisotopic (exact) mass is 568 g/mol. The zero-order valence-corrected chi connectivity index (χ0v) is 23.9. The number of pyridine rings is 1. The van der Waals surface area contributed by atoms with E-state index in [4.69, 9.17) is 14.2 Å². The molecule has 3 heterocycles. The number of amides is 3. The van der Waals surface area contributed by atoms with E-state index in [2.05, 4.69) is 15.6 Å². The van der Waals surface area contributed by atoms with Crippen molar-refractivity contribution < 1.29 is 33.4 Å². The van der Waals surface area contributed by atoms with Crippen molar-refractivity contribution in [3.8, 4) is 5.75 Å². The summed E-state index contributed by atoms with van der Waals surface area (Å²) in [4.78, 5) is 57.4. The van der Waals surface area contributed by atoms with E-state index in [1.165, 1.54) is 0 Å². The van der Waals surface area contributed by atoms with Crippen LogP contribution in [0.3, 0.4) is 0 Å². The maximum Gasteiger partial charge on any atom is 0.314 e. The van der Waals surface area contributed by atoms with E-state index in [1.807, 2.05) is 12.1 Å². The molecular weight excluding hydrogens is 528 g/mol. The van der Waals surface area contributed by atoms with Crippen LogP contribution in [0.2, 0.25) is 0 Å². The number of aromatic nitrogens is 1. The maximum atomic E-state index is 13.3. The minimum atomic E-state index is -1.05. The summed E-state index contributed by atoms with van der Waals surface area (Å²) in [7, 11) is 1.56. The van der Waals surface area contributed by atoms with Gasteiger partial charge in [0, 0.05) is 52.5 Å². The van der Waals surface area contributed by atoms with E-state index >= 15 is 0 Å². The lowest BCUT2D eigenvalue weighted by Crippen LogP contribution is -2.46. The fraction of sp³-hybridized carbons (Fsp3) is 0.500. The molecule has 1 aromatic carbocycles. The third-order valence-corrected chi connectivity index (χ3v) is 6.88. The van der Waals surface area contributed by atoms with Gasteiger partial charge in [0.05, 0.1) is 12.0 Å². The lowest BCUT2D eigenvalue weighted by molar-refractivity contribution is -0.156. The highest BCUT2D eigenvalue weighted by atomic mass is 16.5. The Labute approximate surface area is 240 Å². The number of nitrogens with one attached hydrogen (secondary N) is 2. The zero-order chi connectivity index (χ0) is 29.5. The first kappa shape index (κ1) is 31.5. The quantitative estimate of drug-likeness (QED) is 0.506.